The molecule has 0 fully saturated rings. The number of pyridine rings is 1. The second-order valence-corrected chi connectivity index (χ2v) is 3.71. The van der Waals surface area contributed by atoms with Crippen LogP contribution in [0.3, 0.4) is 0 Å². The Kier molecular flexibility index (Phi) is 3.19. The summed E-state index contributed by atoms with van der Waals surface area (Å²) < 4.78 is 2.10. The molecule has 0 amide bonds. The summed E-state index contributed by atoms with van der Waals surface area (Å²) >= 11 is 0. The number of anilines is 2. The van der Waals surface area contributed by atoms with Crippen LogP contribution in [-0.2, 0) is 6.54 Å². The molecule has 0 aliphatic heterocycles. The Bertz CT molecular complexity index is 462. The minimum atomic E-state index is 0.873. The SMILES string of the molecule is CCCn1ccnc1Nc1cccnc1C. The zero-order chi connectivity index (χ0) is 11.4. The third-order valence-electron chi connectivity index (χ3n) is 2.43. The van der Waals surface area contributed by atoms with Crippen molar-refractivity contribution in [1.29, 1.82) is 0 Å². The predicted octanol–water partition coefficient (Wildman–Crippen LogP) is 2.74. The lowest BCUT2D eigenvalue weighted by molar-refractivity contribution is 0.686. The molecule has 2 aromatic rings. The van der Waals surface area contributed by atoms with Gasteiger partial charge in [-0.1, -0.05) is 6.92 Å². The summed E-state index contributed by atoms with van der Waals surface area (Å²) in [4.78, 5) is 8.53. The Morgan fingerprint density at radius 2 is 2.19 bits per heavy atom. The first kappa shape index (κ1) is 10.7. The van der Waals surface area contributed by atoms with Crippen LogP contribution in [0.1, 0.15) is 19.0 Å². The maximum Gasteiger partial charge on any atom is 0.207 e. The van der Waals surface area contributed by atoms with E-state index in [-0.39, 0.29) is 0 Å². The van der Waals surface area contributed by atoms with Crippen LogP contribution in [0.15, 0.2) is 30.7 Å². The molecule has 0 saturated heterocycles. The van der Waals surface area contributed by atoms with Crippen molar-refractivity contribution in [3.63, 3.8) is 0 Å². The molecule has 2 rings (SSSR count). The highest BCUT2D eigenvalue weighted by atomic mass is 15.2. The molecule has 0 radical (unpaired) electrons. The van der Waals surface area contributed by atoms with Crippen LogP contribution >= 0.6 is 0 Å². The summed E-state index contributed by atoms with van der Waals surface area (Å²) in [5.41, 5.74) is 1.99. The largest absolute Gasteiger partial charge is 0.324 e. The number of nitrogens with zero attached hydrogens (tertiary/aromatic N) is 3. The Hall–Kier alpha value is -1.84. The van der Waals surface area contributed by atoms with E-state index in [0.717, 1.165) is 30.3 Å². The molecule has 84 valence electrons. The lowest BCUT2D eigenvalue weighted by Crippen LogP contribution is -2.04. The Morgan fingerprint density at radius 1 is 1.31 bits per heavy atom. The van der Waals surface area contributed by atoms with Crippen LogP contribution in [0.2, 0.25) is 0 Å². The number of rotatable bonds is 4. The van der Waals surface area contributed by atoms with E-state index in [1.807, 2.05) is 31.5 Å². The number of aryl methyl sites for hydroxylation is 2. The number of imidazole rings is 1. The molecule has 4 heteroatoms. The van der Waals surface area contributed by atoms with Gasteiger partial charge >= 0.3 is 0 Å². The van der Waals surface area contributed by atoms with Gasteiger partial charge in [0.15, 0.2) is 0 Å². The molecule has 0 saturated carbocycles. The van der Waals surface area contributed by atoms with E-state index in [9.17, 15) is 0 Å². The highest BCUT2D eigenvalue weighted by Gasteiger charge is 2.04. The van der Waals surface area contributed by atoms with Crippen molar-refractivity contribution in [2.24, 2.45) is 0 Å². The lowest BCUT2D eigenvalue weighted by Gasteiger charge is -2.10. The molecule has 2 heterocycles. The molecular weight excluding hydrogens is 200 g/mol. The van der Waals surface area contributed by atoms with Crippen molar-refractivity contribution in [2.45, 2.75) is 26.8 Å². The normalized spacial score (nSPS) is 10.4. The fraction of sp³-hybridized carbons (Fsp3) is 0.333. The molecule has 4 nitrogen and oxygen atoms in total. The first-order valence-corrected chi connectivity index (χ1v) is 5.51. The zero-order valence-corrected chi connectivity index (χ0v) is 9.64. The summed E-state index contributed by atoms with van der Waals surface area (Å²) in [5.74, 6) is 0.873. The van der Waals surface area contributed by atoms with E-state index < -0.39 is 0 Å². The average molecular weight is 216 g/mol. The van der Waals surface area contributed by atoms with Gasteiger partial charge in [0.1, 0.15) is 0 Å². The minimum absolute atomic E-state index is 0.873. The predicted molar refractivity (Wildman–Crippen MR) is 64.8 cm³/mol. The second kappa shape index (κ2) is 4.79. The monoisotopic (exact) mass is 216 g/mol. The van der Waals surface area contributed by atoms with Gasteiger partial charge < -0.3 is 9.88 Å². The van der Waals surface area contributed by atoms with Crippen LogP contribution in [0, 0.1) is 6.92 Å². The molecule has 0 aromatic carbocycles. The standard InChI is InChI=1S/C12H16N4/c1-3-8-16-9-7-14-12(16)15-11-5-4-6-13-10(11)2/h4-7,9H,3,8H2,1-2H3,(H,14,15). The summed E-state index contributed by atoms with van der Waals surface area (Å²) in [5, 5.41) is 3.29. The quantitative estimate of drug-likeness (QED) is 0.854. The summed E-state index contributed by atoms with van der Waals surface area (Å²) in [6.45, 7) is 5.11. The van der Waals surface area contributed by atoms with Crippen molar-refractivity contribution >= 4 is 11.6 Å². The van der Waals surface area contributed by atoms with Crippen molar-refractivity contribution in [3.8, 4) is 0 Å². The van der Waals surface area contributed by atoms with Gasteiger partial charge in [-0.2, -0.15) is 0 Å². The van der Waals surface area contributed by atoms with Crippen LogP contribution in [0.25, 0.3) is 0 Å². The third-order valence-corrected chi connectivity index (χ3v) is 2.43. The molecule has 2 aromatic heterocycles. The highest BCUT2D eigenvalue weighted by Crippen LogP contribution is 2.17. The van der Waals surface area contributed by atoms with E-state index in [1.165, 1.54) is 0 Å². The number of hydrogen-bond donors (Lipinski definition) is 1. The molecule has 16 heavy (non-hydrogen) atoms. The lowest BCUT2D eigenvalue weighted by atomic mass is 10.3. The van der Waals surface area contributed by atoms with Gasteiger partial charge in [0, 0.05) is 25.1 Å². The van der Waals surface area contributed by atoms with Crippen LogP contribution in [-0.4, -0.2) is 14.5 Å². The molecule has 0 spiro atoms. The number of nitrogens with one attached hydrogen (secondary N) is 1. The summed E-state index contributed by atoms with van der Waals surface area (Å²) in [6.07, 6.45) is 6.68. The van der Waals surface area contributed by atoms with Crippen molar-refractivity contribution in [1.82, 2.24) is 14.5 Å². The molecular formula is C12H16N4. The fourth-order valence-corrected chi connectivity index (χ4v) is 1.59. The first-order chi connectivity index (χ1) is 7.81. The minimum Gasteiger partial charge on any atom is -0.324 e. The topological polar surface area (TPSA) is 42.7 Å². The molecule has 0 aliphatic rings. The Labute approximate surface area is 95.4 Å². The molecule has 0 atom stereocenters. The van der Waals surface area contributed by atoms with Gasteiger partial charge in [0.05, 0.1) is 11.4 Å². The van der Waals surface area contributed by atoms with Crippen LogP contribution in [0.4, 0.5) is 11.6 Å². The van der Waals surface area contributed by atoms with Gasteiger partial charge in [-0.15, -0.1) is 0 Å². The van der Waals surface area contributed by atoms with Gasteiger partial charge in [0.25, 0.3) is 0 Å². The van der Waals surface area contributed by atoms with Crippen LogP contribution < -0.4 is 5.32 Å². The van der Waals surface area contributed by atoms with Gasteiger partial charge in [-0.25, -0.2) is 4.98 Å². The van der Waals surface area contributed by atoms with Crippen molar-refractivity contribution in [2.75, 3.05) is 5.32 Å². The average Bonchev–Trinajstić information content (AvgIpc) is 2.70. The molecule has 1 N–H and O–H groups in total. The molecule has 0 aliphatic carbocycles. The number of hydrogen-bond acceptors (Lipinski definition) is 3. The third kappa shape index (κ3) is 2.21. The maximum absolute atomic E-state index is 4.30. The van der Waals surface area contributed by atoms with Gasteiger partial charge in [-0.3, -0.25) is 4.98 Å². The fourth-order valence-electron chi connectivity index (χ4n) is 1.59. The molecule has 0 unspecified atom stereocenters. The highest BCUT2D eigenvalue weighted by molar-refractivity contribution is 5.55. The molecule has 0 bridgehead atoms. The smallest absolute Gasteiger partial charge is 0.207 e. The number of aromatic nitrogens is 3. The maximum atomic E-state index is 4.30. The second-order valence-electron chi connectivity index (χ2n) is 3.71. The van der Waals surface area contributed by atoms with Gasteiger partial charge in [-0.05, 0) is 25.5 Å². The van der Waals surface area contributed by atoms with Crippen molar-refractivity contribution < 1.29 is 0 Å². The zero-order valence-electron chi connectivity index (χ0n) is 9.64. The van der Waals surface area contributed by atoms with Crippen molar-refractivity contribution in [3.05, 3.63) is 36.4 Å². The van der Waals surface area contributed by atoms with Crippen LogP contribution in [0.5, 0.6) is 0 Å². The van der Waals surface area contributed by atoms with E-state index >= 15 is 0 Å². The van der Waals surface area contributed by atoms with E-state index in [0.29, 0.717) is 0 Å². The Morgan fingerprint density at radius 3 is 2.94 bits per heavy atom. The van der Waals surface area contributed by atoms with Gasteiger partial charge in [0.2, 0.25) is 5.95 Å². The van der Waals surface area contributed by atoms with E-state index in [4.69, 9.17) is 0 Å². The summed E-state index contributed by atoms with van der Waals surface area (Å²) in [6, 6.07) is 3.93. The first-order valence-electron chi connectivity index (χ1n) is 5.51. The van der Waals surface area contributed by atoms with E-state index in [2.05, 4.69) is 26.8 Å². The van der Waals surface area contributed by atoms with E-state index in [1.54, 1.807) is 6.20 Å². The Balaban J connectivity index is 2.20. The summed E-state index contributed by atoms with van der Waals surface area (Å²) in [7, 11) is 0.